The number of aliphatic hydroxyl groups excluding tert-OH is 2. The molecule has 0 aliphatic carbocycles. The summed E-state index contributed by atoms with van der Waals surface area (Å²) in [4.78, 5) is 22.4. The standard InChI is InChI=1S/C7H14N2O5/c1-9(2-3-10)7(14)8-4-5(11)6(12)13/h5,10-11H,2-4H2,1H3,(H,8,14)(H,12,13). The quantitative estimate of drug-likeness (QED) is 0.418. The zero-order valence-electron chi connectivity index (χ0n) is 7.80. The largest absolute Gasteiger partial charge is 0.479 e. The number of urea groups is 1. The van der Waals surface area contributed by atoms with Crippen molar-refractivity contribution in [2.75, 3.05) is 26.7 Å². The first-order valence-corrected chi connectivity index (χ1v) is 3.99. The summed E-state index contributed by atoms with van der Waals surface area (Å²) in [5.74, 6) is -1.39. The van der Waals surface area contributed by atoms with Crippen molar-refractivity contribution in [1.29, 1.82) is 0 Å². The Hall–Kier alpha value is -1.34. The molecule has 0 aromatic heterocycles. The number of nitrogens with one attached hydrogen (secondary N) is 1. The third kappa shape index (κ3) is 4.63. The minimum Gasteiger partial charge on any atom is -0.479 e. The van der Waals surface area contributed by atoms with Gasteiger partial charge in [-0.05, 0) is 0 Å². The fraction of sp³-hybridized carbons (Fsp3) is 0.714. The van der Waals surface area contributed by atoms with Crippen molar-refractivity contribution in [3.63, 3.8) is 0 Å². The lowest BCUT2D eigenvalue weighted by Crippen LogP contribution is -2.43. The zero-order chi connectivity index (χ0) is 11.1. The zero-order valence-corrected chi connectivity index (χ0v) is 7.80. The molecule has 0 fully saturated rings. The van der Waals surface area contributed by atoms with E-state index in [1.54, 1.807) is 0 Å². The molecule has 4 N–H and O–H groups in total. The van der Waals surface area contributed by atoms with Gasteiger partial charge in [0.05, 0.1) is 13.2 Å². The van der Waals surface area contributed by atoms with E-state index < -0.39 is 18.1 Å². The molecule has 0 saturated heterocycles. The van der Waals surface area contributed by atoms with E-state index in [9.17, 15) is 9.59 Å². The first-order chi connectivity index (χ1) is 6.49. The van der Waals surface area contributed by atoms with Crippen LogP contribution in [0.1, 0.15) is 0 Å². The minimum atomic E-state index is -1.61. The number of aliphatic hydroxyl groups is 2. The number of likely N-dealkylation sites (N-methyl/N-ethyl adjacent to an activating group) is 1. The summed E-state index contributed by atoms with van der Waals surface area (Å²) in [6.45, 7) is -0.385. The Balaban J connectivity index is 3.78. The van der Waals surface area contributed by atoms with Gasteiger partial charge >= 0.3 is 12.0 Å². The maximum absolute atomic E-state index is 11.1. The van der Waals surface area contributed by atoms with E-state index in [2.05, 4.69) is 5.32 Å². The molecule has 7 nitrogen and oxygen atoms in total. The number of rotatable bonds is 5. The van der Waals surface area contributed by atoms with Crippen molar-refractivity contribution in [1.82, 2.24) is 10.2 Å². The molecule has 1 unspecified atom stereocenters. The van der Waals surface area contributed by atoms with Crippen LogP contribution in [0, 0.1) is 0 Å². The molecule has 0 aliphatic heterocycles. The van der Waals surface area contributed by atoms with Crippen LogP contribution in [-0.2, 0) is 4.79 Å². The normalized spacial score (nSPS) is 11.9. The van der Waals surface area contributed by atoms with Crippen molar-refractivity contribution in [2.45, 2.75) is 6.10 Å². The van der Waals surface area contributed by atoms with Gasteiger partial charge in [0.1, 0.15) is 0 Å². The molecule has 0 rings (SSSR count). The average Bonchev–Trinajstić information content (AvgIpc) is 2.13. The molecule has 14 heavy (non-hydrogen) atoms. The first kappa shape index (κ1) is 12.7. The highest BCUT2D eigenvalue weighted by molar-refractivity contribution is 5.76. The lowest BCUT2D eigenvalue weighted by atomic mass is 10.3. The molecule has 0 aromatic carbocycles. The van der Waals surface area contributed by atoms with Crippen molar-refractivity contribution in [3.05, 3.63) is 0 Å². The maximum Gasteiger partial charge on any atom is 0.334 e. The Morgan fingerprint density at radius 2 is 2.07 bits per heavy atom. The molecule has 0 heterocycles. The summed E-state index contributed by atoms with van der Waals surface area (Å²) in [7, 11) is 1.44. The maximum atomic E-state index is 11.1. The summed E-state index contributed by atoms with van der Waals surface area (Å²) in [5.41, 5.74) is 0. The molecule has 0 aliphatic rings. The van der Waals surface area contributed by atoms with Crippen LogP contribution in [-0.4, -0.2) is 65.1 Å². The number of amides is 2. The average molecular weight is 206 g/mol. The molecular formula is C7H14N2O5. The van der Waals surface area contributed by atoms with E-state index >= 15 is 0 Å². The monoisotopic (exact) mass is 206 g/mol. The van der Waals surface area contributed by atoms with Crippen LogP contribution >= 0.6 is 0 Å². The van der Waals surface area contributed by atoms with Crippen LogP contribution in [0.2, 0.25) is 0 Å². The summed E-state index contributed by atoms with van der Waals surface area (Å²) in [6, 6.07) is -0.542. The van der Waals surface area contributed by atoms with Crippen LogP contribution in [0.5, 0.6) is 0 Å². The lowest BCUT2D eigenvalue weighted by molar-refractivity contribution is -0.146. The van der Waals surface area contributed by atoms with Crippen LogP contribution < -0.4 is 5.32 Å². The second kappa shape index (κ2) is 6.17. The Labute approximate surface area is 80.9 Å². The van der Waals surface area contributed by atoms with Gasteiger partial charge in [-0.3, -0.25) is 0 Å². The van der Waals surface area contributed by atoms with Crippen molar-refractivity contribution in [2.24, 2.45) is 0 Å². The third-order valence-corrected chi connectivity index (χ3v) is 1.51. The molecule has 0 spiro atoms. The smallest absolute Gasteiger partial charge is 0.334 e. The molecule has 7 heteroatoms. The number of aliphatic carboxylic acids is 1. The van der Waals surface area contributed by atoms with Gasteiger partial charge in [0.25, 0.3) is 0 Å². The molecule has 0 saturated carbocycles. The number of carboxylic acid groups (broad SMARTS) is 1. The van der Waals surface area contributed by atoms with Crippen molar-refractivity contribution in [3.8, 4) is 0 Å². The Morgan fingerprint density at radius 1 is 1.50 bits per heavy atom. The lowest BCUT2D eigenvalue weighted by Gasteiger charge is -2.17. The fourth-order valence-corrected chi connectivity index (χ4v) is 0.658. The number of carbonyl (C=O) groups excluding carboxylic acids is 1. The van der Waals surface area contributed by atoms with Gasteiger partial charge in [0.2, 0.25) is 0 Å². The molecule has 2 amide bonds. The third-order valence-electron chi connectivity index (χ3n) is 1.51. The van der Waals surface area contributed by atoms with E-state index in [0.29, 0.717) is 0 Å². The molecule has 0 radical (unpaired) electrons. The minimum absolute atomic E-state index is 0.148. The second-order valence-electron chi connectivity index (χ2n) is 2.69. The number of hydrogen-bond donors (Lipinski definition) is 4. The Kier molecular flexibility index (Phi) is 5.58. The number of carboxylic acids is 1. The highest BCUT2D eigenvalue weighted by Gasteiger charge is 2.15. The van der Waals surface area contributed by atoms with Crippen LogP contribution in [0.15, 0.2) is 0 Å². The summed E-state index contributed by atoms with van der Waals surface area (Å²) < 4.78 is 0. The second-order valence-corrected chi connectivity index (χ2v) is 2.69. The molecular weight excluding hydrogens is 192 g/mol. The van der Waals surface area contributed by atoms with E-state index in [4.69, 9.17) is 15.3 Å². The SMILES string of the molecule is CN(CCO)C(=O)NCC(O)C(=O)O. The van der Waals surface area contributed by atoms with Crippen LogP contribution in [0.4, 0.5) is 4.79 Å². The fourth-order valence-electron chi connectivity index (χ4n) is 0.658. The predicted octanol–water partition coefficient (Wildman–Crippen LogP) is -1.93. The first-order valence-electron chi connectivity index (χ1n) is 3.99. The number of carbonyl (C=O) groups is 2. The molecule has 1 atom stereocenters. The van der Waals surface area contributed by atoms with Gasteiger partial charge in [0, 0.05) is 13.6 Å². The van der Waals surface area contributed by atoms with E-state index in [-0.39, 0.29) is 19.7 Å². The summed E-state index contributed by atoms with van der Waals surface area (Å²) in [5, 5.41) is 27.8. The predicted molar refractivity (Wildman–Crippen MR) is 46.8 cm³/mol. The highest BCUT2D eigenvalue weighted by atomic mass is 16.4. The summed E-state index contributed by atoms with van der Waals surface area (Å²) >= 11 is 0. The van der Waals surface area contributed by atoms with Crippen LogP contribution in [0.3, 0.4) is 0 Å². The molecule has 82 valence electrons. The molecule has 0 bridgehead atoms. The van der Waals surface area contributed by atoms with Crippen molar-refractivity contribution < 1.29 is 24.9 Å². The van der Waals surface area contributed by atoms with Gasteiger partial charge in [-0.25, -0.2) is 9.59 Å². The molecule has 0 aromatic rings. The Morgan fingerprint density at radius 3 is 2.50 bits per heavy atom. The van der Waals surface area contributed by atoms with Gasteiger partial charge < -0.3 is 25.5 Å². The van der Waals surface area contributed by atoms with E-state index in [1.165, 1.54) is 11.9 Å². The van der Waals surface area contributed by atoms with E-state index in [1.807, 2.05) is 0 Å². The van der Waals surface area contributed by atoms with E-state index in [0.717, 1.165) is 0 Å². The van der Waals surface area contributed by atoms with Gasteiger partial charge in [0.15, 0.2) is 6.10 Å². The summed E-state index contributed by atoms with van der Waals surface area (Å²) in [6.07, 6.45) is -1.61. The number of hydrogen-bond acceptors (Lipinski definition) is 4. The number of nitrogens with zero attached hydrogens (tertiary/aromatic N) is 1. The van der Waals surface area contributed by atoms with Crippen molar-refractivity contribution >= 4 is 12.0 Å². The van der Waals surface area contributed by atoms with Gasteiger partial charge in [-0.15, -0.1) is 0 Å². The van der Waals surface area contributed by atoms with Crippen LogP contribution in [0.25, 0.3) is 0 Å². The Bertz CT molecular complexity index is 208. The highest BCUT2D eigenvalue weighted by Crippen LogP contribution is 1.85. The van der Waals surface area contributed by atoms with Gasteiger partial charge in [-0.2, -0.15) is 0 Å². The topological polar surface area (TPSA) is 110 Å². The van der Waals surface area contributed by atoms with Gasteiger partial charge in [-0.1, -0.05) is 0 Å².